The summed E-state index contributed by atoms with van der Waals surface area (Å²) in [5.41, 5.74) is 1.03. The van der Waals surface area contributed by atoms with Gasteiger partial charge in [0, 0.05) is 11.6 Å². The normalized spacial score (nSPS) is 8.80. The first-order chi connectivity index (χ1) is 6.27. The van der Waals surface area contributed by atoms with Crippen LogP contribution < -0.4 is 0 Å². The minimum atomic E-state index is -0.946. The molecule has 2 aromatic rings. The maximum atomic E-state index is 10.6. The van der Waals surface area contributed by atoms with Crippen molar-refractivity contribution >= 4 is 16.9 Å². The minimum Gasteiger partial charge on any atom is -0.478 e. The van der Waals surface area contributed by atoms with Crippen LogP contribution >= 0.6 is 0 Å². The zero-order chi connectivity index (χ0) is 9.26. The van der Waals surface area contributed by atoms with Crippen LogP contribution in [-0.2, 0) is 0 Å². The zero-order valence-corrected chi connectivity index (χ0v) is 7.58. The van der Waals surface area contributed by atoms with Crippen molar-refractivity contribution in [3.8, 4) is 0 Å². The Morgan fingerprint density at radius 1 is 1.20 bits per heavy atom. The Morgan fingerprint density at radius 3 is 2.53 bits per heavy atom. The monoisotopic (exact) mass is 213 g/mol. The number of para-hydroxylation sites is 1. The molecule has 5 heteroatoms. The summed E-state index contributed by atoms with van der Waals surface area (Å²) in [5.74, 6) is -0.946. The molecule has 0 atom stereocenters. The molecule has 1 heterocycles. The lowest BCUT2D eigenvalue weighted by atomic mass is 10.2. The van der Waals surface area contributed by atoms with Crippen LogP contribution in [0.3, 0.4) is 0 Å². The lowest BCUT2D eigenvalue weighted by Crippen LogP contribution is -1.96. The van der Waals surface area contributed by atoms with E-state index in [1.165, 1.54) is 6.20 Å². The number of hydrogen-bond donors (Lipinski definition) is 1. The summed E-state index contributed by atoms with van der Waals surface area (Å²) in [6.45, 7) is 0. The second-order valence-electron chi connectivity index (χ2n) is 2.72. The van der Waals surface area contributed by atoms with Crippen LogP contribution in [0.2, 0.25) is 0 Å². The number of halogens is 2. The van der Waals surface area contributed by atoms with E-state index in [-0.39, 0.29) is 15.0 Å². The van der Waals surface area contributed by atoms with Gasteiger partial charge in [-0.1, -0.05) is 18.2 Å². The molecule has 0 saturated heterocycles. The van der Waals surface area contributed by atoms with Crippen molar-refractivity contribution in [3.63, 3.8) is 0 Å². The summed E-state index contributed by atoms with van der Waals surface area (Å²) in [5, 5.41) is 9.55. The van der Waals surface area contributed by atoms with E-state index >= 15 is 0 Å². The summed E-state index contributed by atoms with van der Waals surface area (Å²) < 4.78 is 0. The van der Waals surface area contributed by atoms with Gasteiger partial charge in [-0.3, -0.25) is 14.4 Å². The molecule has 0 aliphatic rings. The summed E-state index contributed by atoms with van der Waals surface area (Å²) in [6.07, 6.45) is 1.37. The minimum absolute atomic E-state index is 0. The van der Waals surface area contributed by atoms with Gasteiger partial charge in [0.05, 0.1) is 11.1 Å². The highest BCUT2D eigenvalue weighted by molar-refractivity contribution is 5.92. The third kappa shape index (κ3) is 2.46. The van der Waals surface area contributed by atoms with E-state index in [1.54, 1.807) is 6.07 Å². The summed E-state index contributed by atoms with van der Waals surface area (Å²) in [4.78, 5) is 14.6. The van der Waals surface area contributed by atoms with E-state index in [0.29, 0.717) is 0 Å². The van der Waals surface area contributed by atoms with Gasteiger partial charge >= 0.3 is 5.97 Å². The van der Waals surface area contributed by atoms with Gasteiger partial charge in [0.1, 0.15) is 0 Å². The number of aromatic carboxylic acids is 1. The largest absolute Gasteiger partial charge is 0.478 e. The smallest absolute Gasteiger partial charge is 0.337 e. The molecule has 1 aromatic carbocycles. The Labute approximate surface area is 84.1 Å². The highest BCUT2D eigenvalue weighted by atomic mass is 19.0. The third-order valence-electron chi connectivity index (χ3n) is 1.84. The van der Waals surface area contributed by atoms with E-state index in [9.17, 15) is 4.79 Å². The van der Waals surface area contributed by atoms with Crippen molar-refractivity contribution in [1.82, 2.24) is 4.98 Å². The average Bonchev–Trinajstić information content (AvgIpc) is 2.17. The number of nitrogens with zero attached hydrogens (tertiary/aromatic N) is 1. The lowest BCUT2D eigenvalue weighted by molar-refractivity contribution is 0.0696. The molecular weight excluding hydrogens is 204 g/mol. The molecule has 0 unspecified atom stereocenters. The van der Waals surface area contributed by atoms with Crippen LogP contribution in [-0.4, -0.2) is 16.1 Å². The highest BCUT2D eigenvalue weighted by Gasteiger charge is 2.03. The molecule has 0 aliphatic heterocycles. The molecule has 0 bridgehead atoms. The van der Waals surface area contributed by atoms with Crippen molar-refractivity contribution in [1.29, 1.82) is 0 Å². The van der Waals surface area contributed by atoms with Crippen LogP contribution in [0.4, 0.5) is 9.41 Å². The maximum Gasteiger partial charge on any atom is 0.337 e. The van der Waals surface area contributed by atoms with Crippen LogP contribution in [0, 0.1) is 0 Å². The number of aromatic nitrogens is 1. The van der Waals surface area contributed by atoms with Crippen LogP contribution in [0.1, 0.15) is 10.4 Å². The number of carboxylic acids is 1. The second-order valence-corrected chi connectivity index (χ2v) is 2.72. The van der Waals surface area contributed by atoms with Crippen molar-refractivity contribution in [2.24, 2.45) is 0 Å². The van der Waals surface area contributed by atoms with Crippen molar-refractivity contribution in [3.05, 3.63) is 42.1 Å². The van der Waals surface area contributed by atoms with E-state index in [2.05, 4.69) is 4.98 Å². The predicted octanol–water partition coefficient (Wildman–Crippen LogP) is 2.24. The average molecular weight is 213 g/mol. The third-order valence-corrected chi connectivity index (χ3v) is 1.84. The summed E-state index contributed by atoms with van der Waals surface area (Å²) in [6, 6.07) is 9.03. The van der Waals surface area contributed by atoms with Crippen molar-refractivity contribution < 1.29 is 19.3 Å². The number of fused-ring (bicyclic) bond motifs is 1. The van der Waals surface area contributed by atoms with Crippen LogP contribution in [0.15, 0.2) is 36.5 Å². The summed E-state index contributed by atoms with van der Waals surface area (Å²) in [7, 11) is 0. The second kappa shape index (κ2) is 4.99. The molecule has 0 amide bonds. The molecule has 80 valence electrons. The maximum absolute atomic E-state index is 10.6. The van der Waals surface area contributed by atoms with Gasteiger partial charge in [-0.15, -0.1) is 0 Å². The number of benzene rings is 1. The molecular formula is C10H9F2NO2. The van der Waals surface area contributed by atoms with Crippen molar-refractivity contribution in [2.45, 2.75) is 0 Å². The van der Waals surface area contributed by atoms with Crippen LogP contribution in [0.5, 0.6) is 0 Å². The molecule has 1 N–H and O–H groups in total. The molecule has 0 saturated carbocycles. The van der Waals surface area contributed by atoms with Gasteiger partial charge in [-0.25, -0.2) is 4.79 Å². The topological polar surface area (TPSA) is 50.2 Å². The Balaban J connectivity index is 0.000000980. The molecule has 15 heavy (non-hydrogen) atoms. The van der Waals surface area contributed by atoms with Crippen molar-refractivity contribution in [2.75, 3.05) is 0 Å². The van der Waals surface area contributed by atoms with E-state index in [0.717, 1.165) is 10.9 Å². The van der Waals surface area contributed by atoms with E-state index in [4.69, 9.17) is 5.11 Å². The molecule has 0 spiro atoms. The molecule has 1 aromatic heterocycles. The fourth-order valence-electron chi connectivity index (χ4n) is 1.19. The van der Waals surface area contributed by atoms with Gasteiger partial charge in [0.25, 0.3) is 0 Å². The standard InChI is InChI=1S/C10H7NO2.2FH/c12-10(13)8-5-7-3-1-2-4-9(7)11-6-8;;/h1-6H,(H,12,13);2*1H. The fourth-order valence-corrected chi connectivity index (χ4v) is 1.19. The van der Waals surface area contributed by atoms with Gasteiger partial charge in [0.15, 0.2) is 0 Å². The number of pyridine rings is 1. The van der Waals surface area contributed by atoms with E-state index in [1.807, 2.05) is 24.3 Å². The Morgan fingerprint density at radius 2 is 1.87 bits per heavy atom. The first kappa shape index (κ1) is 13.0. The number of carbonyl (C=O) groups is 1. The van der Waals surface area contributed by atoms with Gasteiger partial charge < -0.3 is 5.11 Å². The first-order valence-corrected chi connectivity index (χ1v) is 3.85. The molecule has 0 radical (unpaired) electrons. The number of rotatable bonds is 1. The Bertz CT molecular complexity index is 474. The number of carboxylic acid groups (broad SMARTS) is 1. The highest BCUT2D eigenvalue weighted by Crippen LogP contribution is 2.12. The quantitative estimate of drug-likeness (QED) is 0.790. The fraction of sp³-hybridized carbons (Fsp3) is 0. The zero-order valence-electron chi connectivity index (χ0n) is 7.58. The SMILES string of the molecule is F.F.O=C(O)c1cnc2ccccc2c1. The lowest BCUT2D eigenvalue weighted by Gasteiger charge is -1.97. The predicted molar refractivity (Wildman–Crippen MR) is 53.7 cm³/mol. The molecule has 0 fully saturated rings. The first-order valence-electron chi connectivity index (χ1n) is 3.85. The number of hydrogen-bond acceptors (Lipinski definition) is 2. The summed E-state index contributed by atoms with van der Waals surface area (Å²) >= 11 is 0. The van der Waals surface area contributed by atoms with Gasteiger partial charge in [-0.2, -0.15) is 0 Å². The van der Waals surface area contributed by atoms with E-state index < -0.39 is 5.97 Å². The Kier molecular flexibility index (Phi) is 4.32. The van der Waals surface area contributed by atoms with Crippen LogP contribution in [0.25, 0.3) is 10.9 Å². The molecule has 3 nitrogen and oxygen atoms in total. The molecule has 2 rings (SSSR count). The van der Waals surface area contributed by atoms with Gasteiger partial charge in [-0.05, 0) is 12.1 Å². The Hall–Kier alpha value is -2.04. The van der Waals surface area contributed by atoms with Gasteiger partial charge in [0.2, 0.25) is 0 Å². The molecule has 0 aliphatic carbocycles.